The van der Waals surface area contributed by atoms with Crippen LogP contribution in [0.3, 0.4) is 0 Å². The summed E-state index contributed by atoms with van der Waals surface area (Å²) in [4.78, 5) is 12.3. The molecule has 0 radical (unpaired) electrons. The summed E-state index contributed by atoms with van der Waals surface area (Å²) in [6.07, 6.45) is 6.88. The van der Waals surface area contributed by atoms with Crippen LogP contribution in [0.25, 0.3) is 0 Å². The smallest absolute Gasteiger partial charge is 0.328 e. The summed E-state index contributed by atoms with van der Waals surface area (Å²) in [5, 5.41) is 3.37. The van der Waals surface area contributed by atoms with Gasteiger partial charge in [-0.05, 0) is 38.6 Å². The van der Waals surface area contributed by atoms with Crippen molar-refractivity contribution in [3.05, 3.63) is 33.0 Å². The summed E-state index contributed by atoms with van der Waals surface area (Å²) in [6.45, 7) is 5.59. The van der Waals surface area contributed by atoms with Crippen molar-refractivity contribution in [2.75, 3.05) is 18.4 Å². The predicted molar refractivity (Wildman–Crippen MR) is 95.9 cm³/mol. The molecule has 1 aromatic heterocycles. The third-order valence-electron chi connectivity index (χ3n) is 3.78. The van der Waals surface area contributed by atoms with Gasteiger partial charge in [0.15, 0.2) is 0 Å². The van der Waals surface area contributed by atoms with Crippen molar-refractivity contribution in [2.24, 2.45) is 25.7 Å². The van der Waals surface area contributed by atoms with E-state index < -0.39 is 0 Å². The van der Waals surface area contributed by atoms with E-state index in [-0.39, 0.29) is 5.69 Å². The summed E-state index contributed by atoms with van der Waals surface area (Å²) in [6, 6.07) is 0. The summed E-state index contributed by atoms with van der Waals surface area (Å²) in [7, 11) is 3.52. The molecule has 1 rings (SSSR count). The Morgan fingerprint density at radius 2 is 2.05 bits per heavy atom. The monoisotopic (exact) mass is 324 g/mol. The number of aromatic nitrogens is 2. The van der Waals surface area contributed by atoms with Crippen molar-refractivity contribution < 1.29 is 0 Å². The molecule has 1 aromatic rings. The highest BCUT2D eigenvalue weighted by molar-refractivity contribution is 7.71. The Bertz CT molecular complexity index is 630. The van der Waals surface area contributed by atoms with Crippen LogP contribution in [0.5, 0.6) is 0 Å². The van der Waals surface area contributed by atoms with Gasteiger partial charge in [-0.2, -0.15) is 0 Å². The lowest BCUT2D eigenvalue weighted by atomic mass is 10.00. The Kier molecular flexibility index (Phi) is 7.55. The van der Waals surface area contributed by atoms with E-state index in [1.807, 2.05) is 14.0 Å². The van der Waals surface area contributed by atoms with Crippen molar-refractivity contribution in [1.82, 2.24) is 9.13 Å². The quantitative estimate of drug-likeness (QED) is 0.438. The van der Waals surface area contributed by atoms with Gasteiger partial charge in [-0.25, -0.2) is 4.79 Å². The third kappa shape index (κ3) is 4.55. The number of hydrogen-bond acceptors (Lipinski definition) is 4. The van der Waals surface area contributed by atoms with Crippen LogP contribution < -0.4 is 16.7 Å². The Morgan fingerprint density at radius 1 is 1.36 bits per heavy atom. The van der Waals surface area contributed by atoms with Gasteiger partial charge >= 0.3 is 5.69 Å². The van der Waals surface area contributed by atoms with E-state index in [4.69, 9.17) is 18.0 Å². The first-order valence-electron chi connectivity index (χ1n) is 7.78. The highest BCUT2D eigenvalue weighted by Gasteiger charge is 2.15. The van der Waals surface area contributed by atoms with Crippen LogP contribution in [0.4, 0.5) is 5.69 Å². The minimum Gasteiger partial charge on any atom is -0.381 e. The van der Waals surface area contributed by atoms with E-state index >= 15 is 0 Å². The van der Waals surface area contributed by atoms with Gasteiger partial charge in [-0.15, -0.1) is 0 Å². The molecule has 0 aromatic carbocycles. The zero-order valence-electron chi connectivity index (χ0n) is 14.1. The molecule has 0 aliphatic heterocycles. The van der Waals surface area contributed by atoms with Crippen LogP contribution in [-0.2, 0) is 20.5 Å². The maximum atomic E-state index is 12.3. The fourth-order valence-corrected chi connectivity index (χ4v) is 2.67. The molecule has 0 amide bonds. The van der Waals surface area contributed by atoms with Gasteiger partial charge < -0.3 is 11.1 Å². The van der Waals surface area contributed by atoms with Gasteiger partial charge in [0.2, 0.25) is 0 Å². The molecule has 0 saturated heterocycles. The van der Waals surface area contributed by atoms with Crippen molar-refractivity contribution in [3.63, 3.8) is 0 Å². The standard InChI is InChI=1S/C16H28N4OS/c1-5-6-8-12(2)11-13-14(18-10-7-9-17)15(22)20(4)16(21)19(13)3/h5-6,12,18H,7-11,17H2,1-4H3/b6-5+. The molecule has 0 spiro atoms. The molecule has 1 heterocycles. The Balaban J connectivity index is 3.21. The maximum Gasteiger partial charge on any atom is 0.328 e. The van der Waals surface area contributed by atoms with Crippen molar-refractivity contribution in [1.29, 1.82) is 0 Å². The number of rotatable bonds is 8. The van der Waals surface area contributed by atoms with E-state index in [1.165, 1.54) is 4.57 Å². The van der Waals surface area contributed by atoms with E-state index in [9.17, 15) is 4.79 Å². The molecule has 0 fully saturated rings. The molecule has 22 heavy (non-hydrogen) atoms. The third-order valence-corrected chi connectivity index (χ3v) is 4.26. The van der Waals surface area contributed by atoms with Gasteiger partial charge in [-0.3, -0.25) is 9.13 Å². The first-order chi connectivity index (χ1) is 10.4. The van der Waals surface area contributed by atoms with Gasteiger partial charge in [-0.1, -0.05) is 31.3 Å². The SMILES string of the molecule is C/C=C/CC(C)Cc1c(NCCCN)c(=S)n(C)c(=O)n1C. The molecule has 1 unspecified atom stereocenters. The summed E-state index contributed by atoms with van der Waals surface area (Å²) in [5.41, 5.74) is 7.34. The fraction of sp³-hybridized carbons (Fsp3) is 0.625. The van der Waals surface area contributed by atoms with Gasteiger partial charge in [0.05, 0.1) is 5.69 Å². The highest BCUT2D eigenvalue weighted by atomic mass is 32.1. The minimum absolute atomic E-state index is 0.0809. The summed E-state index contributed by atoms with van der Waals surface area (Å²) in [5.74, 6) is 0.443. The molecule has 124 valence electrons. The van der Waals surface area contributed by atoms with Crippen LogP contribution in [0.1, 0.15) is 32.4 Å². The molecular formula is C16H28N4OS. The van der Waals surface area contributed by atoms with Crippen LogP contribution in [0.2, 0.25) is 0 Å². The van der Waals surface area contributed by atoms with Crippen molar-refractivity contribution in [3.8, 4) is 0 Å². The fourth-order valence-electron chi connectivity index (χ4n) is 2.40. The lowest BCUT2D eigenvalue weighted by Gasteiger charge is -2.20. The zero-order chi connectivity index (χ0) is 16.7. The van der Waals surface area contributed by atoms with E-state index in [0.717, 1.165) is 37.2 Å². The molecule has 0 saturated carbocycles. The number of nitrogens with one attached hydrogen (secondary N) is 1. The van der Waals surface area contributed by atoms with E-state index in [0.29, 0.717) is 17.1 Å². The average Bonchev–Trinajstić information content (AvgIpc) is 2.51. The molecular weight excluding hydrogens is 296 g/mol. The maximum absolute atomic E-state index is 12.3. The second kappa shape index (κ2) is 8.90. The van der Waals surface area contributed by atoms with E-state index in [2.05, 4.69) is 24.4 Å². The predicted octanol–water partition coefficient (Wildman–Crippen LogP) is 2.36. The number of hydrogen-bond donors (Lipinski definition) is 2. The first-order valence-corrected chi connectivity index (χ1v) is 8.18. The molecule has 0 bridgehead atoms. The molecule has 3 N–H and O–H groups in total. The second-order valence-electron chi connectivity index (χ2n) is 5.71. The van der Waals surface area contributed by atoms with Crippen molar-refractivity contribution >= 4 is 17.9 Å². The minimum atomic E-state index is -0.0809. The van der Waals surface area contributed by atoms with Crippen LogP contribution in [-0.4, -0.2) is 22.2 Å². The lowest BCUT2D eigenvalue weighted by molar-refractivity contribution is 0.549. The Hall–Kier alpha value is -1.40. The number of nitrogens with zero attached hydrogens (tertiary/aromatic N) is 2. The molecule has 1 atom stereocenters. The Morgan fingerprint density at radius 3 is 2.64 bits per heavy atom. The topological polar surface area (TPSA) is 65.0 Å². The van der Waals surface area contributed by atoms with Gasteiger partial charge in [0.1, 0.15) is 4.64 Å². The van der Waals surface area contributed by atoms with E-state index in [1.54, 1.807) is 11.6 Å². The average molecular weight is 324 g/mol. The number of nitrogens with two attached hydrogens (primary N) is 1. The molecule has 6 heteroatoms. The zero-order valence-corrected chi connectivity index (χ0v) is 14.9. The summed E-state index contributed by atoms with van der Waals surface area (Å²) >= 11 is 5.46. The molecule has 0 aliphatic rings. The lowest BCUT2D eigenvalue weighted by Crippen LogP contribution is -2.32. The number of allylic oxidation sites excluding steroid dienone is 2. The van der Waals surface area contributed by atoms with Gasteiger partial charge in [0, 0.05) is 26.3 Å². The number of anilines is 1. The summed E-state index contributed by atoms with van der Waals surface area (Å²) < 4.78 is 3.78. The second-order valence-corrected chi connectivity index (χ2v) is 6.10. The first kappa shape index (κ1) is 18.6. The van der Waals surface area contributed by atoms with Crippen LogP contribution in [0.15, 0.2) is 16.9 Å². The van der Waals surface area contributed by atoms with Crippen LogP contribution >= 0.6 is 12.2 Å². The van der Waals surface area contributed by atoms with Gasteiger partial charge in [0.25, 0.3) is 0 Å². The largest absolute Gasteiger partial charge is 0.381 e. The highest BCUT2D eigenvalue weighted by Crippen LogP contribution is 2.20. The van der Waals surface area contributed by atoms with Crippen LogP contribution in [0, 0.1) is 10.6 Å². The molecule has 5 nitrogen and oxygen atoms in total. The van der Waals surface area contributed by atoms with Crippen molar-refractivity contribution in [2.45, 2.75) is 33.1 Å². The Labute approximate surface area is 137 Å². The normalized spacial score (nSPS) is 12.8. The molecule has 0 aliphatic carbocycles.